The third kappa shape index (κ3) is 3.76. The Balaban J connectivity index is 2.30. The number of rotatable bonds is 5. The first kappa shape index (κ1) is 18.0. The topological polar surface area (TPSA) is 119 Å². The molecule has 0 saturated carbocycles. The number of hydrogen-bond donors (Lipinski definition) is 3. The Labute approximate surface area is 141 Å². The average molecular weight is 330 g/mol. The van der Waals surface area contributed by atoms with Crippen LogP contribution in [0.2, 0.25) is 0 Å². The summed E-state index contributed by atoms with van der Waals surface area (Å²) in [4.78, 5) is 35.6. The lowest BCUT2D eigenvalue weighted by Crippen LogP contribution is -2.38. The second-order valence-electron chi connectivity index (χ2n) is 6.38. The zero-order valence-corrected chi connectivity index (χ0v) is 13.6. The van der Waals surface area contributed by atoms with Gasteiger partial charge in [-0.1, -0.05) is 0 Å². The van der Waals surface area contributed by atoms with E-state index in [1.54, 1.807) is 13.8 Å². The number of benzene rings is 1. The van der Waals surface area contributed by atoms with Gasteiger partial charge in [-0.3, -0.25) is 14.4 Å². The van der Waals surface area contributed by atoms with E-state index in [2.05, 4.69) is 5.32 Å². The van der Waals surface area contributed by atoms with Crippen molar-refractivity contribution in [3.8, 4) is 5.75 Å². The van der Waals surface area contributed by atoms with Gasteiger partial charge in [0.1, 0.15) is 11.4 Å². The Morgan fingerprint density at radius 1 is 1.46 bits per heavy atom. The summed E-state index contributed by atoms with van der Waals surface area (Å²) in [5.41, 5.74) is 5.77. The molecule has 0 aliphatic carbocycles. The van der Waals surface area contributed by atoms with Gasteiger partial charge in [0.2, 0.25) is 7.85 Å². The molecule has 1 aromatic rings. The summed E-state index contributed by atoms with van der Waals surface area (Å²) in [6.07, 6.45) is -0.0344. The maximum Gasteiger partial charge on any atom is 0.200 e. The van der Waals surface area contributed by atoms with Crippen LogP contribution in [0.25, 0.3) is 0 Å². The number of nitrogens with two attached hydrogens (primary N) is 1. The molecule has 1 heterocycles. The van der Waals surface area contributed by atoms with Crippen LogP contribution in [-0.2, 0) is 0 Å². The standard InChI is InChI=1S/C16H19BN2O5/c1-16(2)6-11(22)13-12(24-16)4-3-9(14(13)18)10(21)5-8(7-20)19-15(17)23/h3-4,8,20H,5-7,18H2,1-2H3,(H,19,23)/t8-/m0/s1. The molecule has 8 heteroatoms. The van der Waals surface area contributed by atoms with Gasteiger partial charge in [-0.2, -0.15) is 0 Å². The highest BCUT2D eigenvalue weighted by Crippen LogP contribution is 2.38. The Morgan fingerprint density at radius 3 is 2.71 bits per heavy atom. The van der Waals surface area contributed by atoms with Crippen LogP contribution in [0.5, 0.6) is 5.75 Å². The van der Waals surface area contributed by atoms with E-state index >= 15 is 0 Å². The SMILES string of the molecule is [B]C(=O)N[C@H](CO)CC(=O)c1ccc2c(c1N)C(=O)CC(C)(C)O2. The Hall–Kier alpha value is -2.35. The normalized spacial score (nSPS) is 16.7. The second-order valence-corrected chi connectivity index (χ2v) is 6.38. The molecule has 24 heavy (non-hydrogen) atoms. The van der Waals surface area contributed by atoms with Crippen molar-refractivity contribution >= 4 is 30.9 Å². The van der Waals surface area contributed by atoms with Crippen LogP contribution in [0, 0.1) is 0 Å². The third-order valence-corrected chi connectivity index (χ3v) is 3.76. The lowest BCUT2D eigenvalue weighted by Gasteiger charge is -2.32. The van der Waals surface area contributed by atoms with E-state index in [1.807, 2.05) is 0 Å². The van der Waals surface area contributed by atoms with E-state index in [0.29, 0.717) is 5.75 Å². The largest absolute Gasteiger partial charge is 0.487 e. The maximum atomic E-state index is 12.4. The van der Waals surface area contributed by atoms with E-state index < -0.39 is 29.8 Å². The summed E-state index contributed by atoms with van der Waals surface area (Å²) < 4.78 is 5.73. The second kappa shape index (κ2) is 6.64. The fraction of sp³-hybridized carbons (Fsp3) is 0.438. The monoisotopic (exact) mass is 330 g/mol. The number of nitrogens with one attached hydrogen (secondary N) is 1. The number of carbonyl (C=O) groups is 3. The maximum absolute atomic E-state index is 12.4. The molecule has 7 nitrogen and oxygen atoms in total. The van der Waals surface area contributed by atoms with Crippen LogP contribution in [0.1, 0.15) is 47.4 Å². The molecule has 1 aliphatic heterocycles. The summed E-state index contributed by atoms with van der Waals surface area (Å²) in [5, 5.41) is 11.5. The Bertz CT molecular complexity index is 702. The van der Waals surface area contributed by atoms with E-state index in [1.165, 1.54) is 12.1 Å². The number of ether oxygens (including phenoxy) is 1. The van der Waals surface area contributed by atoms with Gasteiger partial charge in [-0.15, -0.1) is 0 Å². The van der Waals surface area contributed by atoms with Crippen molar-refractivity contribution in [1.82, 2.24) is 5.32 Å². The number of ketones is 2. The van der Waals surface area contributed by atoms with Crippen LogP contribution in [0.3, 0.4) is 0 Å². The number of hydrogen-bond acceptors (Lipinski definition) is 6. The molecule has 1 aromatic carbocycles. The quantitative estimate of drug-likeness (QED) is 0.418. The molecule has 0 spiro atoms. The average Bonchev–Trinajstić information content (AvgIpc) is 2.44. The van der Waals surface area contributed by atoms with Crippen LogP contribution in [0.15, 0.2) is 12.1 Å². The van der Waals surface area contributed by atoms with E-state index in [0.717, 1.165) is 0 Å². The van der Waals surface area contributed by atoms with Crippen molar-refractivity contribution in [3.05, 3.63) is 23.3 Å². The molecular formula is C16H19BN2O5. The van der Waals surface area contributed by atoms with Crippen molar-refractivity contribution < 1.29 is 24.2 Å². The molecule has 0 fully saturated rings. The summed E-state index contributed by atoms with van der Waals surface area (Å²) in [6.45, 7) is 3.14. The molecule has 2 radical (unpaired) electrons. The summed E-state index contributed by atoms with van der Waals surface area (Å²) >= 11 is 0. The molecule has 4 N–H and O–H groups in total. The molecular weight excluding hydrogens is 311 g/mol. The first-order chi connectivity index (χ1) is 11.1. The molecule has 1 atom stereocenters. The van der Waals surface area contributed by atoms with Crippen molar-refractivity contribution in [2.45, 2.75) is 38.3 Å². The summed E-state index contributed by atoms with van der Waals surface area (Å²) in [5.74, 6) is -1.10. The summed E-state index contributed by atoms with van der Waals surface area (Å²) in [6, 6.07) is 2.19. The number of amides is 1. The van der Waals surface area contributed by atoms with Gasteiger partial charge in [0.25, 0.3) is 0 Å². The van der Waals surface area contributed by atoms with Crippen LogP contribution in [0.4, 0.5) is 10.5 Å². The Morgan fingerprint density at radius 2 is 2.12 bits per heavy atom. The number of Topliss-reactive ketones (excluding diaryl/α,β-unsaturated/α-hetero) is 2. The fourth-order valence-corrected chi connectivity index (χ4v) is 2.72. The Kier molecular flexibility index (Phi) is 4.98. The number of aliphatic hydroxyl groups excluding tert-OH is 1. The van der Waals surface area contributed by atoms with Gasteiger partial charge in [-0.05, 0) is 26.0 Å². The van der Waals surface area contributed by atoms with Crippen molar-refractivity contribution in [1.29, 1.82) is 0 Å². The lowest BCUT2D eigenvalue weighted by atomic mass is 9.89. The highest BCUT2D eigenvalue weighted by molar-refractivity contribution is 6.57. The van der Waals surface area contributed by atoms with Crippen molar-refractivity contribution in [2.24, 2.45) is 0 Å². The first-order valence-corrected chi connectivity index (χ1v) is 7.49. The van der Waals surface area contributed by atoms with Crippen LogP contribution in [-0.4, -0.2) is 48.6 Å². The molecule has 0 unspecified atom stereocenters. The number of fused-ring (bicyclic) bond motifs is 1. The lowest BCUT2D eigenvalue weighted by molar-refractivity contribution is 0.0622. The number of carbonyl (C=O) groups excluding carboxylic acids is 3. The molecule has 0 saturated heterocycles. The van der Waals surface area contributed by atoms with E-state index in [4.69, 9.17) is 18.3 Å². The van der Waals surface area contributed by atoms with Gasteiger partial charge in [0, 0.05) is 12.0 Å². The van der Waals surface area contributed by atoms with Gasteiger partial charge in [0.15, 0.2) is 17.4 Å². The molecule has 2 rings (SSSR count). The highest BCUT2D eigenvalue weighted by atomic mass is 16.5. The zero-order valence-electron chi connectivity index (χ0n) is 13.6. The predicted octanol–water partition coefficient (Wildman–Crippen LogP) is 0.824. The fourth-order valence-electron chi connectivity index (χ4n) is 2.72. The molecule has 0 aromatic heterocycles. The summed E-state index contributed by atoms with van der Waals surface area (Å²) in [7, 11) is 4.99. The number of anilines is 1. The zero-order chi connectivity index (χ0) is 18.1. The first-order valence-electron chi connectivity index (χ1n) is 7.49. The molecule has 1 amide bonds. The van der Waals surface area contributed by atoms with Crippen molar-refractivity contribution in [3.63, 3.8) is 0 Å². The van der Waals surface area contributed by atoms with Crippen molar-refractivity contribution in [2.75, 3.05) is 12.3 Å². The minimum atomic E-state index is -0.842. The number of aliphatic hydroxyl groups is 1. The smallest absolute Gasteiger partial charge is 0.200 e. The predicted molar refractivity (Wildman–Crippen MR) is 88.6 cm³/mol. The van der Waals surface area contributed by atoms with E-state index in [-0.39, 0.29) is 35.4 Å². The van der Waals surface area contributed by atoms with Crippen LogP contribution >= 0.6 is 0 Å². The third-order valence-electron chi connectivity index (χ3n) is 3.76. The molecule has 0 bridgehead atoms. The van der Waals surface area contributed by atoms with Gasteiger partial charge in [-0.25, -0.2) is 0 Å². The van der Waals surface area contributed by atoms with Gasteiger partial charge in [0.05, 0.1) is 30.3 Å². The van der Waals surface area contributed by atoms with Gasteiger partial charge >= 0.3 is 0 Å². The number of nitrogen functional groups attached to an aromatic ring is 1. The minimum absolute atomic E-state index is 0.0498. The molecule has 126 valence electrons. The van der Waals surface area contributed by atoms with Crippen LogP contribution < -0.4 is 15.8 Å². The minimum Gasteiger partial charge on any atom is -0.487 e. The van der Waals surface area contributed by atoms with Gasteiger partial charge < -0.3 is 20.9 Å². The highest BCUT2D eigenvalue weighted by Gasteiger charge is 2.35. The molecule has 1 aliphatic rings. The van der Waals surface area contributed by atoms with E-state index in [9.17, 15) is 19.5 Å².